The van der Waals surface area contributed by atoms with E-state index in [9.17, 15) is 0 Å². The smallest absolute Gasteiger partial charge is 0.0180 e. The zero-order chi connectivity index (χ0) is 19.7. The summed E-state index contributed by atoms with van der Waals surface area (Å²) in [6.07, 6.45) is 8.90. The summed E-state index contributed by atoms with van der Waals surface area (Å²) < 4.78 is 1.21. The normalized spacial score (nSPS) is 13.7. The number of halogens is 1. The number of hydrogen-bond acceptors (Lipinski definition) is 0. The molecule has 142 valence electrons. The van der Waals surface area contributed by atoms with Crippen LogP contribution in [-0.4, -0.2) is 0 Å². The van der Waals surface area contributed by atoms with Crippen LogP contribution >= 0.6 is 15.9 Å². The molecule has 1 heteroatoms. The molecule has 0 nitrogen and oxygen atoms in total. The van der Waals surface area contributed by atoms with Gasteiger partial charge in [0, 0.05) is 4.47 Å². The number of rotatable bonds is 2. The molecule has 1 aliphatic carbocycles. The molecule has 0 atom stereocenters. The van der Waals surface area contributed by atoms with E-state index in [4.69, 9.17) is 0 Å². The summed E-state index contributed by atoms with van der Waals surface area (Å²) >= 11 is 3.71. The lowest BCUT2D eigenvalue weighted by atomic mass is 9.87. The molecule has 0 unspecified atom stereocenters. The largest absolute Gasteiger partial charge is 0.0587 e. The minimum absolute atomic E-state index is 1.10. The molecule has 0 spiro atoms. The van der Waals surface area contributed by atoms with Crippen molar-refractivity contribution in [2.24, 2.45) is 0 Å². The van der Waals surface area contributed by atoms with Crippen molar-refractivity contribution in [3.63, 3.8) is 0 Å². The average Bonchev–Trinajstić information content (AvgIpc) is 2.68. The number of aryl methyl sites for hydroxylation is 5. The Labute approximate surface area is 177 Å². The third-order valence-corrected chi connectivity index (χ3v) is 6.56. The Bertz CT molecular complexity index is 988. The SMILES string of the molecule is Cc1ccc(/C=C\c2cc3c(C)c(c2)CCc2cc(Br)cc(c2C)CC3)cc1. The van der Waals surface area contributed by atoms with Gasteiger partial charge in [0.1, 0.15) is 0 Å². The van der Waals surface area contributed by atoms with Crippen molar-refractivity contribution in [3.8, 4) is 0 Å². The zero-order valence-corrected chi connectivity index (χ0v) is 18.6. The maximum Gasteiger partial charge on any atom is 0.0180 e. The lowest BCUT2D eigenvalue weighted by Crippen LogP contribution is -2.06. The second-order valence-corrected chi connectivity index (χ2v) is 8.97. The molecule has 4 bridgehead atoms. The summed E-state index contributed by atoms with van der Waals surface area (Å²) in [5.41, 5.74) is 12.8. The molecule has 0 saturated heterocycles. The molecule has 4 rings (SSSR count). The molecular weight excluding hydrogens is 404 g/mol. The van der Waals surface area contributed by atoms with E-state index in [0.717, 1.165) is 25.7 Å². The predicted octanol–water partition coefficient (Wildman–Crippen LogP) is 7.43. The first kappa shape index (κ1) is 19.2. The van der Waals surface area contributed by atoms with E-state index in [1.807, 2.05) is 0 Å². The maximum absolute atomic E-state index is 3.71. The molecule has 3 aromatic carbocycles. The minimum Gasteiger partial charge on any atom is -0.0587 e. The molecule has 1 aliphatic rings. The lowest BCUT2D eigenvalue weighted by Gasteiger charge is -2.19. The Kier molecular flexibility index (Phi) is 5.55. The summed E-state index contributed by atoms with van der Waals surface area (Å²) in [7, 11) is 0. The van der Waals surface area contributed by atoms with E-state index in [-0.39, 0.29) is 0 Å². The van der Waals surface area contributed by atoms with Crippen LogP contribution in [0.4, 0.5) is 0 Å². The van der Waals surface area contributed by atoms with Crippen LogP contribution < -0.4 is 0 Å². The van der Waals surface area contributed by atoms with Gasteiger partial charge in [-0.3, -0.25) is 0 Å². The van der Waals surface area contributed by atoms with E-state index in [2.05, 4.69) is 97.4 Å². The van der Waals surface area contributed by atoms with Crippen molar-refractivity contribution in [2.75, 3.05) is 0 Å². The monoisotopic (exact) mass is 430 g/mol. The molecule has 0 saturated carbocycles. The second kappa shape index (κ2) is 8.09. The van der Waals surface area contributed by atoms with E-state index in [1.54, 1.807) is 0 Å². The first-order valence-electron chi connectivity index (χ1n) is 10.1. The van der Waals surface area contributed by atoms with Gasteiger partial charge in [-0.2, -0.15) is 0 Å². The quantitative estimate of drug-likeness (QED) is 0.370. The predicted molar refractivity (Wildman–Crippen MR) is 125 cm³/mol. The molecule has 0 fully saturated rings. The van der Waals surface area contributed by atoms with Crippen LogP contribution in [0.15, 0.2) is 53.0 Å². The zero-order valence-electron chi connectivity index (χ0n) is 17.0. The van der Waals surface area contributed by atoms with Gasteiger partial charge >= 0.3 is 0 Å². The van der Waals surface area contributed by atoms with Gasteiger partial charge in [0.15, 0.2) is 0 Å². The Balaban J connectivity index is 1.68. The van der Waals surface area contributed by atoms with Crippen LogP contribution in [0.5, 0.6) is 0 Å². The lowest BCUT2D eigenvalue weighted by molar-refractivity contribution is 0.872. The van der Waals surface area contributed by atoms with Crippen molar-refractivity contribution in [1.29, 1.82) is 0 Å². The Hall–Kier alpha value is -2.12. The first-order valence-corrected chi connectivity index (χ1v) is 10.9. The fraction of sp³-hybridized carbons (Fsp3) is 0.259. The fourth-order valence-corrected chi connectivity index (χ4v) is 4.76. The number of fused-ring (bicyclic) bond motifs is 4. The summed E-state index contributed by atoms with van der Waals surface area (Å²) in [6, 6.07) is 18.1. The van der Waals surface area contributed by atoms with Crippen molar-refractivity contribution in [3.05, 3.63) is 103 Å². The van der Waals surface area contributed by atoms with Crippen molar-refractivity contribution < 1.29 is 0 Å². The third-order valence-electron chi connectivity index (χ3n) is 6.11. The molecule has 0 aliphatic heterocycles. The molecular formula is C27H27Br. The summed E-state index contributed by atoms with van der Waals surface area (Å²) in [4.78, 5) is 0. The van der Waals surface area contributed by atoms with Gasteiger partial charge < -0.3 is 0 Å². The summed E-state index contributed by atoms with van der Waals surface area (Å²) in [5, 5.41) is 0. The molecule has 0 heterocycles. The summed E-state index contributed by atoms with van der Waals surface area (Å²) in [6.45, 7) is 6.72. The maximum atomic E-state index is 3.71. The van der Waals surface area contributed by atoms with Crippen LogP contribution in [0.3, 0.4) is 0 Å². The molecule has 28 heavy (non-hydrogen) atoms. The molecule has 0 N–H and O–H groups in total. The van der Waals surface area contributed by atoms with Crippen LogP contribution in [0.2, 0.25) is 0 Å². The second-order valence-electron chi connectivity index (χ2n) is 8.06. The van der Waals surface area contributed by atoms with Gasteiger partial charge in [0.2, 0.25) is 0 Å². The first-order chi connectivity index (χ1) is 13.5. The van der Waals surface area contributed by atoms with E-state index in [0.29, 0.717) is 0 Å². The van der Waals surface area contributed by atoms with Gasteiger partial charge in [-0.25, -0.2) is 0 Å². The van der Waals surface area contributed by atoms with Crippen molar-refractivity contribution in [1.82, 2.24) is 0 Å². The highest BCUT2D eigenvalue weighted by Gasteiger charge is 2.13. The Morgan fingerprint density at radius 1 is 0.607 bits per heavy atom. The molecule has 0 amide bonds. The van der Waals surface area contributed by atoms with Crippen molar-refractivity contribution >= 4 is 28.1 Å². The molecule has 0 aromatic heterocycles. The van der Waals surface area contributed by atoms with Crippen LogP contribution in [-0.2, 0) is 25.7 Å². The Morgan fingerprint density at radius 3 is 1.54 bits per heavy atom. The van der Waals surface area contributed by atoms with Crippen LogP contribution in [0, 0.1) is 20.8 Å². The topological polar surface area (TPSA) is 0 Å². The highest BCUT2D eigenvalue weighted by molar-refractivity contribution is 9.10. The summed E-state index contributed by atoms with van der Waals surface area (Å²) in [5.74, 6) is 0. The number of benzene rings is 3. The van der Waals surface area contributed by atoms with Crippen molar-refractivity contribution in [2.45, 2.75) is 46.5 Å². The molecule has 3 aromatic rings. The van der Waals surface area contributed by atoms with Gasteiger partial charge in [-0.05, 0) is 103 Å². The van der Waals surface area contributed by atoms with Gasteiger partial charge in [-0.15, -0.1) is 0 Å². The standard InChI is InChI=1S/C27H27Br/c1-18-4-6-21(7-5-18)8-9-22-14-23-10-12-25-16-27(28)17-26(20(25)3)13-11-24(15-22)19(23)2/h4-9,14-17H,10-13H2,1-3H3/b9-8-. The van der Waals surface area contributed by atoms with Gasteiger partial charge in [-0.1, -0.05) is 70.0 Å². The van der Waals surface area contributed by atoms with E-state index >= 15 is 0 Å². The number of hydrogen-bond donors (Lipinski definition) is 0. The van der Waals surface area contributed by atoms with E-state index < -0.39 is 0 Å². The third kappa shape index (κ3) is 4.15. The van der Waals surface area contributed by atoms with Crippen LogP contribution in [0.1, 0.15) is 50.1 Å². The molecule has 0 radical (unpaired) electrons. The van der Waals surface area contributed by atoms with Crippen LogP contribution in [0.25, 0.3) is 12.2 Å². The van der Waals surface area contributed by atoms with Gasteiger partial charge in [0.05, 0.1) is 0 Å². The average molecular weight is 431 g/mol. The highest BCUT2D eigenvalue weighted by Crippen LogP contribution is 2.28. The Morgan fingerprint density at radius 2 is 1.04 bits per heavy atom. The fourth-order valence-electron chi connectivity index (χ4n) is 4.21. The minimum atomic E-state index is 1.10. The van der Waals surface area contributed by atoms with Gasteiger partial charge in [0.25, 0.3) is 0 Å². The van der Waals surface area contributed by atoms with E-state index in [1.165, 1.54) is 54.5 Å². The highest BCUT2D eigenvalue weighted by atomic mass is 79.9.